The molecule has 2 nitrogen and oxygen atoms in total. The summed E-state index contributed by atoms with van der Waals surface area (Å²) in [7, 11) is 0. The Morgan fingerprint density at radius 1 is 1.22 bits per heavy atom. The van der Waals surface area contributed by atoms with Crippen molar-refractivity contribution in [1.29, 1.82) is 0 Å². The number of carbonyl (C=O) groups excluding carboxylic acids is 1. The van der Waals surface area contributed by atoms with Crippen molar-refractivity contribution in [3.05, 3.63) is 0 Å². The smallest absolute Gasteiger partial charge is 0.120 e. The Labute approximate surface area is 110 Å². The van der Waals surface area contributed by atoms with Crippen LogP contribution in [0.5, 0.6) is 0 Å². The number of aldehydes is 1. The van der Waals surface area contributed by atoms with Crippen LogP contribution in [0.3, 0.4) is 0 Å². The molecule has 0 radical (unpaired) electrons. The van der Waals surface area contributed by atoms with Gasteiger partial charge >= 0.3 is 0 Å². The molecule has 102 valence electrons. The maximum atomic E-state index is 11.1. The largest absolute Gasteiger partial charge is 0.366 e. The van der Waals surface area contributed by atoms with Crippen molar-refractivity contribution in [1.82, 2.24) is 0 Å². The predicted octanol–water partition coefficient (Wildman–Crippen LogP) is 3.59. The Balaban J connectivity index is 1.99. The maximum Gasteiger partial charge on any atom is 0.120 e. The SMILES string of the molecule is C[C@@H]1CC[C@]2(C)[C@H](CC[C@H]3O[C@]32C)[C@@]1(C)CC=O. The maximum absolute atomic E-state index is 11.1. The molecule has 1 aliphatic heterocycles. The lowest BCUT2D eigenvalue weighted by Gasteiger charge is -2.58. The molecule has 2 heteroatoms. The second-order valence-corrected chi connectivity index (χ2v) is 7.58. The third-order valence-electron chi connectivity index (χ3n) is 7.11. The summed E-state index contributed by atoms with van der Waals surface area (Å²) in [6, 6.07) is 0. The second-order valence-electron chi connectivity index (χ2n) is 7.58. The molecule has 0 unspecified atom stereocenters. The third-order valence-corrected chi connectivity index (χ3v) is 7.11. The first kappa shape index (κ1) is 12.7. The molecule has 0 aromatic rings. The van der Waals surface area contributed by atoms with Gasteiger partial charge < -0.3 is 9.53 Å². The van der Waals surface area contributed by atoms with Crippen molar-refractivity contribution in [2.24, 2.45) is 22.7 Å². The Bertz CT molecular complexity index is 379. The molecule has 1 saturated heterocycles. The van der Waals surface area contributed by atoms with Crippen LogP contribution in [0.1, 0.15) is 59.8 Å². The first-order valence-electron chi connectivity index (χ1n) is 7.50. The monoisotopic (exact) mass is 250 g/mol. The molecule has 2 aliphatic carbocycles. The second kappa shape index (κ2) is 3.59. The van der Waals surface area contributed by atoms with Crippen LogP contribution in [0.25, 0.3) is 0 Å². The molecule has 2 saturated carbocycles. The van der Waals surface area contributed by atoms with E-state index in [2.05, 4.69) is 27.7 Å². The number of hydrogen-bond donors (Lipinski definition) is 0. The molecule has 3 aliphatic rings. The van der Waals surface area contributed by atoms with Gasteiger partial charge in [-0.2, -0.15) is 0 Å². The summed E-state index contributed by atoms with van der Waals surface area (Å²) in [4.78, 5) is 11.1. The molecule has 0 aromatic heterocycles. The van der Waals surface area contributed by atoms with E-state index in [1.54, 1.807) is 0 Å². The van der Waals surface area contributed by atoms with Gasteiger partial charge in [-0.15, -0.1) is 0 Å². The minimum Gasteiger partial charge on any atom is -0.366 e. The summed E-state index contributed by atoms with van der Waals surface area (Å²) in [5, 5.41) is 0. The van der Waals surface area contributed by atoms with Crippen LogP contribution >= 0.6 is 0 Å². The van der Waals surface area contributed by atoms with E-state index in [9.17, 15) is 4.79 Å². The highest BCUT2D eigenvalue weighted by Gasteiger charge is 2.71. The van der Waals surface area contributed by atoms with E-state index in [0.29, 0.717) is 17.9 Å². The molecule has 0 aromatic carbocycles. The molecular formula is C16H26O2. The van der Waals surface area contributed by atoms with Crippen molar-refractivity contribution in [3.63, 3.8) is 0 Å². The Morgan fingerprint density at radius 2 is 1.94 bits per heavy atom. The topological polar surface area (TPSA) is 29.6 Å². The molecule has 18 heavy (non-hydrogen) atoms. The molecule has 0 spiro atoms. The lowest BCUT2D eigenvalue weighted by atomic mass is 9.45. The number of hydrogen-bond acceptors (Lipinski definition) is 2. The van der Waals surface area contributed by atoms with Crippen molar-refractivity contribution < 1.29 is 9.53 Å². The van der Waals surface area contributed by atoms with E-state index < -0.39 is 0 Å². The van der Waals surface area contributed by atoms with Gasteiger partial charge in [-0.05, 0) is 49.9 Å². The van der Waals surface area contributed by atoms with Gasteiger partial charge in [0.1, 0.15) is 6.29 Å². The summed E-state index contributed by atoms with van der Waals surface area (Å²) in [6.45, 7) is 9.42. The minimum atomic E-state index is 0.0974. The standard InChI is InChI=1S/C16H26O2/c1-11-7-8-15(3)12(14(11,2)9-10-17)5-6-13-16(15,4)18-13/h10-13H,5-9H2,1-4H3/t11-,12-,13-,14+,15-,16-/m1/s1. The number of rotatable bonds is 2. The summed E-state index contributed by atoms with van der Waals surface area (Å²) in [5.74, 6) is 1.29. The van der Waals surface area contributed by atoms with Crippen molar-refractivity contribution in [2.45, 2.75) is 71.5 Å². The van der Waals surface area contributed by atoms with Crippen LogP contribution < -0.4 is 0 Å². The number of carbonyl (C=O) groups is 1. The first-order valence-corrected chi connectivity index (χ1v) is 7.50. The van der Waals surface area contributed by atoms with Gasteiger partial charge in [-0.25, -0.2) is 0 Å². The molecule has 6 atom stereocenters. The van der Waals surface area contributed by atoms with Gasteiger partial charge in [0.15, 0.2) is 0 Å². The van der Waals surface area contributed by atoms with Crippen LogP contribution in [-0.2, 0) is 9.53 Å². The molecule has 3 rings (SSSR count). The van der Waals surface area contributed by atoms with E-state index in [0.717, 1.165) is 12.7 Å². The van der Waals surface area contributed by atoms with Crippen LogP contribution in [0.2, 0.25) is 0 Å². The van der Waals surface area contributed by atoms with Crippen molar-refractivity contribution >= 4 is 6.29 Å². The average Bonchev–Trinajstić information content (AvgIpc) is 2.99. The van der Waals surface area contributed by atoms with Gasteiger partial charge in [0.25, 0.3) is 0 Å². The van der Waals surface area contributed by atoms with Crippen molar-refractivity contribution in [2.75, 3.05) is 0 Å². The predicted molar refractivity (Wildman–Crippen MR) is 71.3 cm³/mol. The Hall–Kier alpha value is -0.370. The van der Waals surface area contributed by atoms with E-state index in [4.69, 9.17) is 4.74 Å². The van der Waals surface area contributed by atoms with Gasteiger partial charge in [0.2, 0.25) is 0 Å². The Morgan fingerprint density at radius 3 is 2.61 bits per heavy atom. The molecular weight excluding hydrogens is 224 g/mol. The Kier molecular flexibility index (Phi) is 2.53. The van der Waals surface area contributed by atoms with Crippen LogP contribution in [0.15, 0.2) is 0 Å². The fourth-order valence-electron chi connectivity index (χ4n) is 5.27. The number of fused-ring (bicyclic) bond motifs is 3. The highest BCUT2D eigenvalue weighted by atomic mass is 16.6. The number of ether oxygens (including phenoxy) is 1. The minimum absolute atomic E-state index is 0.0974. The zero-order chi connectivity index (χ0) is 13.2. The highest BCUT2D eigenvalue weighted by molar-refractivity contribution is 5.51. The molecule has 0 bridgehead atoms. The van der Waals surface area contributed by atoms with Crippen LogP contribution in [-0.4, -0.2) is 18.0 Å². The van der Waals surface area contributed by atoms with Gasteiger partial charge in [-0.3, -0.25) is 0 Å². The summed E-state index contributed by atoms with van der Waals surface area (Å²) < 4.78 is 6.06. The van der Waals surface area contributed by atoms with Crippen LogP contribution in [0, 0.1) is 22.7 Å². The fraction of sp³-hybridized carbons (Fsp3) is 0.938. The van der Waals surface area contributed by atoms with E-state index in [-0.39, 0.29) is 16.4 Å². The quantitative estimate of drug-likeness (QED) is 0.554. The van der Waals surface area contributed by atoms with Gasteiger partial charge in [-0.1, -0.05) is 20.8 Å². The summed E-state index contributed by atoms with van der Waals surface area (Å²) in [5.41, 5.74) is 0.551. The molecule has 1 heterocycles. The van der Waals surface area contributed by atoms with Gasteiger partial charge in [0.05, 0.1) is 11.7 Å². The fourth-order valence-corrected chi connectivity index (χ4v) is 5.27. The summed E-state index contributed by atoms with van der Waals surface area (Å²) in [6.07, 6.45) is 7.29. The van der Waals surface area contributed by atoms with Crippen molar-refractivity contribution in [3.8, 4) is 0 Å². The molecule has 0 amide bonds. The lowest BCUT2D eigenvalue weighted by molar-refractivity contribution is -0.124. The third kappa shape index (κ3) is 1.31. The zero-order valence-corrected chi connectivity index (χ0v) is 12.2. The summed E-state index contributed by atoms with van der Waals surface area (Å²) >= 11 is 0. The first-order chi connectivity index (χ1) is 8.38. The lowest BCUT2D eigenvalue weighted by Crippen LogP contribution is -2.56. The number of epoxide rings is 1. The normalized spacial score (nSPS) is 58.6. The van der Waals surface area contributed by atoms with E-state index in [1.807, 2.05) is 0 Å². The van der Waals surface area contributed by atoms with E-state index >= 15 is 0 Å². The highest BCUT2D eigenvalue weighted by Crippen LogP contribution is 2.69. The molecule has 0 N–H and O–H groups in total. The van der Waals surface area contributed by atoms with E-state index in [1.165, 1.54) is 25.7 Å². The average molecular weight is 250 g/mol. The zero-order valence-electron chi connectivity index (χ0n) is 12.2. The molecule has 3 fully saturated rings. The van der Waals surface area contributed by atoms with Crippen LogP contribution in [0.4, 0.5) is 0 Å². The van der Waals surface area contributed by atoms with Gasteiger partial charge in [0, 0.05) is 11.8 Å².